The Kier molecular flexibility index (Phi) is 7.99. The minimum atomic E-state index is -4.07. The minimum Gasteiger partial charge on any atom is -0.394 e. The molecule has 0 heterocycles. The predicted molar refractivity (Wildman–Crippen MR) is 112 cm³/mol. The third-order valence-electron chi connectivity index (χ3n) is 4.16. The van der Waals surface area contributed by atoms with Crippen LogP contribution in [0.1, 0.15) is 39.2 Å². The number of hydroxylamine groups is 1. The zero-order chi connectivity index (χ0) is 21.4. The maximum atomic E-state index is 13.1. The van der Waals surface area contributed by atoms with Crippen LogP contribution in [-0.2, 0) is 14.9 Å². The van der Waals surface area contributed by atoms with E-state index in [9.17, 15) is 13.2 Å². The van der Waals surface area contributed by atoms with E-state index in [1.165, 1.54) is 12.1 Å². The van der Waals surface area contributed by atoms with Crippen molar-refractivity contribution >= 4 is 16.2 Å². The number of para-hydroxylation sites is 1. The fraction of sp³-hybridized carbons (Fsp3) is 0.318. The number of nitrogens with zero attached hydrogens (tertiary/aromatic N) is 1. The Morgan fingerprint density at radius 3 is 2.28 bits per heavy atom. The van der Waals surface area contributed by atoms with Crippen LogP contribution in [0.4, 0.5) is 4.79 Å². The highest BCUT2D eigenvalue weighted by molar-refractivity contribution is 7.89. The van der Waals surface area contributed by atoms with Crippen molar-refractivity contribution in [1.29, 1.82) is 0 Å². The molecular formula is C22H27NO5S. The summed E-state index contributed by atoms with van der Waals surface area (Å²) in [5.41, 5.74) is 2.06. The van der Waals surface area contributed by atoms with Crippen LogP contribution in [0.2, 0.25) is 0 Å². The van der Waals surface area contributed by atoms with Gasteiger partial charge in [0.05, 0.1) is 10.9 Å². The Morgan fingerprint density at radius 1 is 1.07 bits per heavy atom. The van der Waals surface area contributed by atoms with E-state index in [1.807, 2.05) is 26.8 Å². The molecule has 0 N–H and O–H groups in total. The molecule has 2 rings (SSSR count). The summed E-state index contributed by atoms with van der Waals surface area (Å²) in [6, 6.07) is 14.1. The lowest BCUT2D eigenvalue weighted by atomic mass is 10.1. The second-order valence-corrected chi connectivity index (χ2v) is 8.82. The normalized spacial score (nSPS) is 12.3. The number of rotatable bonds is 8. The standard InChI is InChI=1S/C22H27NO5S/c1-17(2)9-8-10-19(4)23(28-22(24)27-20-11-6-5-7-12-20)29(25,26)21-15-13-18(3)14-16-21/h5-7,9,11-16,19H,8,10H2,1-4H3. The number of hydrogen-bond donors (Lipinski definition) is 0. The van der Waals surface area contributed by atoms with Gasteiger partial charge in [0.25, 0.3) is 10.0 Å². The van der Waals surface area contributed by atoms with Crippen LogP contribution in [-0.4, -0.2) is 25.1 Å². The van der Waals surface area contributed by atoms with Gasteiger partial charge in [0, 0.05) is 0 Å². The first kappa shape index (κ1) is 22.6. The molecule has 0 bridgehead atoms. The number of sulfonamides is 1. The molecule has 0 aromatic heterocycles. The Hall–Kier alpha value is -2.64. The minimum absolute atomic E-state index is 0.0460. The maximum absolute atomic E-state index is 13.1. The monoisotopic (exact) mass is 417 g/mol. The molecule has 0 saturated heterocycles. The first-order valence-corrected chi connectivity index (χ1v) is 10.8. The van der Waals surface area contributed by atoms with Crippen LogP contribution in [0.25, 0.3) is 0 Å². The molecule has 0 spiro atoms. The molecule has 2 aromatic rings. The highest BCUT2D eigenvalue weighted by Gasteiger charge is 2.33. The molecule has 1 atom stereocenters. The quantitative estimate of drug-likeness (QED) is 0.254. The molecule has 1 unspecified atom stereocenters. The van der Waals surface area contributed by atoms with Crippen molar-refractivity contribution in [2.45, 2.75) is 51.5 Å². The van der Waals surface area contributed by atoms with Gasteiger partial charge < -0.3 is 9.57 Å². The van der Waals surface area contributed by atoms with Crippen molar-refractivity contribution in [3.05, 3.63) is 71.8 Å². The molecule has 0 radical (unpaired) electrons. The third kappa shape index (κ3) is 6.73. The van der Waals surface area contributed by atoms with Gasteiger partial charge in [-0.05, 0) is 69.3 Å². The van der Waals surface area contributed by atoms with E-state index in [0.717, 1.165) is 15.6 Å². The Labute approximate surface area is 172 Å². The van der Waals surface area contributed by atoms with Crippen LogP contribution < -0.4 is 4.74 Å². The summed E-state index contributed by atoms with van der Waals surface area (Å²) < 4.78 is 32.1. The Balaban J connectivity index is 2.25. The molecule has 6 nitrogen and oxygen atoms in total. The van der Waals surface area contributed by atoms with Gasteiger partial charge in [-0.3, -0.25) is 0 Å². The Bertz CT molecular complexity index is 933. The molecule has 0 aliphatic rings. The van der Waals surface area contributed by atoms with E-state index in [2.05, 4.69) is 0 Å². The predicted octanol–water partition coefficient (Wildman–Crippen LogP) is 5.25. The lowest BCUT2D eigenvalue weighted by Crippen LogP contribution is -2.41. The van der Waals surface area contributed by atoms with E-state index in [0.29, 0.717) is 12.8 Å². The lowest BCUT2D eigenvalue weighted by molar-refractivity contribution is -0.0696. The smallest absolute Gasteiger partial charge is 0.394 e. The van der Waals surface area contributed by atoms with Gasteiger partial charge in [-0.1, -0.05) is 47.5 Å². The summed E-state index contributed by atoms with van der Waals surface area (Å²) in [5, 5.41) is 0. The van der Waals surface area contributed by atoms with Crippen LogP contribution in [0.3, 0.4) is 0 Å². The Morgan fingerprint density at radius 2 is 1.69 bits per heavy atom. The van der Waals surface area contributed by atoms with E-state index < -0.39 is 22.2 Å². The van der Waals surface area contributed by atoms with Crippen molar-refractivity contribution in [3.8, 4) is 5.75 Å². The van der Waals surface area contributed by atoms with Gasteiger partial charge >= 0.3 is 6.16 Å². The van der Waals surface area contributed by atoms with E-state index in [-0.39, 0.29) is 10.6 Å². The fourth-order valence-electron chi connectivity index (χ4n) is 2.59. The van der Waals surface area contributed by atoms with Crippen molar-refractivity contribution in [3.63, 3.8) is 0 Å². The number of carbonyl (C=O) groups is 1. The fourth-order valence-corrected chi connectivity index (χ4v) is 4.01. The second-order valence-electron chi connectivity index (χ2n) is 7.04. The summed E-state index contributed by atoms with van der Waals surface area (Å²) in [7, 11) is -4.07. The van der Waals surface area contributed by atoms with Gasteiger partial charge in [-0.25, -0.2) is 13.2 Å². The molecule has 7 heteroatoms. The maximum Gasteiger partial charge on any atom is 0.534 e. The molecule has 0 aliphatic carbocycles. The summed E-state index contributed by atoms with van der Waals surface area (Å²) in [4.78, 5) is 17.5. The molecule has 29 heavy (non-hydrogen) atoms. The van der Waals surface area contributed by atoms with Gasteiger partial charge in [-0.2, -0.15) is 0 Å². The summed E-state index contributed by atoms with van der Waals surface area (Å²) in [6.45, 7) is 7.50. The van der Waals surface area contributed by atoms with Gasteiger partial charge in [-0.15, -0.1) is 0 Å². The van der Waals surface area contributed by atoms with Crippen molar-refractivity contribution in [1.82, 2.24) is 4.47 Å². The first-order chi connectivity index (χ1) is 13.7. The number of ether oxygens (including phenoxy) is 1. The molecule has 0 fully saturated rings. The molecule has 0 amide bonds. The number of hydrogen-bond acceptors (Lipinski definition) is 5. The van der Waals surface area contributed by atoms with Crippen molar-refractivity contribution in [2.75, 3.05) is 0 Å². The van der Waals surface area contributed by atoms with E-state index >= 15 is 0 Å². The third-order valence-corrected chi connectivity index (χ3v) is 5.94. The van der Waals surface area contributed by atoms with Crippen molar-refractivity contribution in [2.24, 2.45) is 0 Å². The number of benzene rings is 2. The van der Waals surface area contributed by atoms with E-state index in [4.69, 9.17) is 9.57 Å². The SMILES string of the molecule is CC(C)=CCCC(C)N(OC(=O)Oc1ccccc1)S(=O)(=O)c1ccc(C)cc1. The molecule has 2 aromatic carbocycles. The van der Waals surface area contributed by atoms with Gasteiger partial charge in [0.2, 0.25) is 0 Å². The van der Waals surface area contributed by atoms with Crippen molar-refractivity contribution < 1.29 is 22.8 Å². The topological polar surface area (TPSA) is 72.9 Å². The van der Waals surface area contributed by atoms with Crippen LogP contribution in [0.15, 0.2) is 71.1 Å². The average Bonchev–Trinajstić information content (AvgIpc) is 2.66. The average molecular weight is 418 g/mol. The number of aryl methyl sites for hydroxylation is 1. The highest BCUT2D eigenvalue weighted by atomic mass is 32.2. The molecular weight excluding hydrogens is 390 g/mol. The number of allylic oxidation sites excluding steroid dienone is 2. The van der Waals surface area contributed by atoms with Gasteiger partial charge in [0.1, 0.15) is 5.75 Å². The van der Waals surface area contributed by atoms with Crippen LogP contribution in [0.5, 0.6) is 5.75 Å². The molecule has 0 aliphatic heterocycles. The largest absolute Gasteiger partial charge is 0.534 e. The number of carbonyl (C=O) groups excluding carboxylic acids is 1. The van der Waals surface area contributed by atoms with Crippen LogP contribution >= 0.6 is 0 Å². The highest BCUT2D eigenvalue weighted by Crippen LogP contribution is 2.23. The van der Waals surface area contributed by atoms with Gasteiger partial charge in [0.15, 0.2) is 0 Å². The van der Waals surface area contributed by atoms with E-state index in [1.54, 1.807) is 49.4 Å². The summed E-state index contributed by atoms with van der Waals surface area (Å²) in [5.74, 6) is 0.266. The lowest BCUT2D eigenvalue weighted by Gasteiger charge is -2.26. The summed E-state index contributed by atoms with van der Waals surface area (Å²) in [6.07, 6.45) is 2.03. The molecule has 156 valence electrons. The zero-order valence-corrected chi connectivity index (χ0v) is 18.0. The molecule has 0 saturated carbocycles. The first-order valence-electron chi connectivity index (χ1n) is 9.39. The summed E-state index contributed by atoms with van der Waals surface area (Å²) >= 11 is 0. The zero-order valence-electron chi connectivity index (χ0n) is 17.2. The van der Waals surface area contributed by atoms with Crippen LogP contribution in [0, 0.1) is 6.92 Å². The second kappa shape index (κ2) is 10.2.